The van der Waals surface area contributed by atoms with E-state index < -0.39 is 54.0 Å². The molecule has 4 heterocycles. The van der Waals surface area contributed by atoms with Gasteiger partial charge in [-0.3, -0.25) is 9.59 Å². The monoisotopic (exact) mass is 922 g/mol. The summed E-state index contributed by atoms with van der Waals surface area (Å²) in [4.78, 5) is 73.0. The van der Waals surface area contributed by atoms with Gasteiger partial charge in [-0.15, -0.1) is 0 Å². The maximum Gasteiger partial charge on any atom is 0.407 e. The summed E-state index contributed by atoms with van der Waals surface area (Å²) < 4.78 is 61.1. The van der Waals surface area contributed by atoms with Crippen LogP contribution in [0, 0.1) is 35.5 Å². The molecule has 4 amide bonds. The molecule has 6 aliphatic rings. The number of aromatic nitrogens is 4. The molecular formula is C49H50F4N8O6. The van der Waals surface area contributed by atoms with Crippen LogP contribution in [0.5, 0.6) is 0 Å². The second-order valence-corrected chi connectivity index (χ2v) is 19.7. The number of carboxylic acid groups (broad SMARTS) is 1. The Morgan fingerprint density at radius 1 is 0.716 bits per heavy atom. The van der Waals surface area contributed by atoms with Gasteiger partial charge in [0.2, 0.25) is 23.7 Å². The molecule has 18 heteroatoms. The van der Waals surface area contributed by atoms with E-state index in [1.807, 2.05) is 48.5 Å². The molecule has 2 aliphatic heterocycles. The lowest BCUT2D eigenvalue weighted by molar-refractivity contribution is -0.139. The second kappa shape index (κ2) is 16.2. The highest BCUT2D eigenvalue weighted by molar-refractivity contribution is 6.04. The second-order valence-electron chi connectivity index (χ2n) is 19.7. The third kappa shape index (κ3) is 8.17. The first-order valence-electron chi connectivity index (χ1n) is 23.3. The number of carbonyl (C=O) groups is 4. The highest BCUT2D eigenvalue weighted by Crippen LogP contribution is 2.55. The van der Waals surface area contributed by atoms with Crippen molar-refractivity contribution in [2.75, 3.05) is 7.11 Å². The maximum atomic E-state index is 14.3. The summed E-state index contributed by atoms with van der Waals surface area (Å²) in [5, 5.41) is 16.5. The first kappa shape index (κ1) is 43.2. The number of nitrogens with zero attached hydrogens (tertiary/aromatic N) is 4. The molecule has 11 rings (SSSR count). The number of alkyl halides is 4. The Morgan fingerprint density at radius 2 is 1.25 bits per heavy atom. The lowest BCUT2D eigenvalue weighted by Crippen LogP contribution is -2.54. The summed E-state index contributed by atoms with van der Waals surface area (Å²) in [6.07, 6.45) is -0.190. The number of likely N-dealkylation sites (tertiary alicyclic amines) is 2. The van der Waals surface area contributed by atoms with E-state index in [-0.39, 0.29) is 87.2 Å². The number of rotatable bonds is 8. The van der Waals surface area contributed by atoms with E-state index in [0.717, 1.165) is 51.3 Å². The predicted octanol–water partition coefficient (Wildman–Crippen LogP) is 8.33. The molecule has 4 saturated carbocycles. The quantitative estimate of drug-likeness (QED) is 0.0760. The Hall–Kier alpha value is -6.38. The minimum absolute atomic E-state index is 0.0105. The zero-order valence-corrected chi connectivity index (χ0v) is 36.7. The van der Waals surface area contributed by atoms with Crippen LogP contribution in [0.1, 0.15) is 112 Å². The number of benzene rings is 3. The van der Waals surface area contributed by atoms with Crippen LogP contribution in [-0.4, -0.2) is 102 Å². The Kier molecular flexibility index (Phi) is 10.4. The number of halogens is 4. The molecular weight excluding hydrogens is 873 g/mol. The van der Waals surface area contributed by atoms with Crippen LogP contribution in [0.4, 0.5) is 27.2 Å². The van der Waals surface area contributed by atoms with Gasteiger partial charge < -0.3 is 40.2 Å². The van der Waals surface area contributed by atoms with Gasteiger partial charge >= 0.3 is 12.2 Å². The number of fused-ring (bicyclic) bond motifs is 6. The molecule has 0 unspecified atom stereocenters. The van der Waals surface area contributed by atoms with Crippen molar-refractivity contribution in [3.63, 3.8) is 0 Å². The number of hydrogen-bond donors (Lipinski definition) is 5. The molecule has 3 aromatic carbocycles. The zero-order valence-electron chi connectivity index (χ0n) is 36.7. The maximum absolute atomic E-state index is 14.3. The molecule has 14 nitrogen and oxygen atoms in total. The van der Waals surface area contributed by atoms with Crippen LogP contribution >= 0.6 is 0 Å². The lowest BCUT2D eigenvalue weighted by atomic mass is 9.81. The standard InChI is InChI=1S/C49H50F4N8O6/c1-67-47(66)59-40(27-12-16-49(52,53)17-13-27)45(63)60-35-20-29(35)22-37(60)42-54-32-8-5-25(19-34(32)56-42)3-2-24-4-7-31-28(18-24)6-9-33-41(31)57-43(55-33)38-23-30-21-36(30)61(38)44(62)39(58-46(64)65)26-10-14-48(50,51)15-11-26/h4-9,18-19,26-27,29-30,35-40,58H,10-17,20-23H2,1H3,(H,54,56)(H,55,57)(H,59,66)(H,64,65)/t29-,30+,35+,36+,37-,38-,39-,40-/m0/s1. The van der Waals surface area contributed by atoms with Gasteiger partial charge in [0.25, 0.3) is 0 Å². The Labute approximate surface area is 382 Å². The number of imidazole rings is 2. The number of aromatic amines is 2. The van der Waals surface area contributed by atoms with Crippen LogP contribution in [-0.2, 0) is 14.3 Å². The van der Waals surface area contributed by atoms with E-state index in [1.165, 1.54) is 7.11 Å². The summed E-state index contributed by atoms with van der Waals surface area (Å²) >= 11 is 0. The molecule has 4 aliphatic carbocycles. The van der Waals surface area contributed by atoms with E-state index in [2.05, 4.69) is 32.4 Å². The summed E-state index contributed by atoms with van der Waals surface area (Å²) in [7, 11) is 1.21. The van der Waals surface area contributed by atoms with Gasteiger partial charge in [0.1, 0.15) is 23.7 Å². The van der Waals surface area contributed by atoms with Gasteiger partial charge in [0, 0.05) is 54.3 Å². The van der Waals surface area contributed by atoms with Gasteiger partial charge in [0.05, 0.1) is 41.3 Å². The van der Waals surface area contributed by atoms with Crippen molar-refractivity contribution in [1.29, 1.82) is 0 Å². The number of methoxy groups -OCH3 is 1. The Balaban J connectivity index is 0.807. The minimum atomic E-state index is -2.81. The number of nitrogens with one attached hydrogen (secondary N) is 4. The number of alkyl carbamates (subject to hydrolysis) is 1. The third-order valence-corrected chi connectivity index (χ3v) is 15.4. The summed E-state index contributed by atoms with van der Waals surface area (Å²) in [6, 6.07) is 12.5. The predicted molar refractivity (Wildman–Crippen MR) is 236 cm³/mol. The van der Waals surface area contributed by atoms with Crippen molar-refractivity contribution in [2.24, 2.45) is 23.7 Å². The number of amides is 4. The largest absolute Gasteiger partial charge is 0.465 e. The molecule has 8 atom stereocenters. The minimum Gasteiger partial charge on any atom is -0.465 e. The molecule has 350 valence electrons. The van der Waals surface area contributed by atoms with Crippen molar-refractivity contribution < 1.29 is 46.6 Å². The first-order valence-corrected chi connectivity index (χ1v) is 23.3. The van der Waals surface area contributed by atoms with Crippen molar-refractivity contribution in [3.05, 3.63) is 71.3 Å². The van der Waals surface area contributed by atoms with Gasteiger partial charge in [-0.05, 0) is 117 Å². The van der Waals surface area contributed by atoms with Gasteiger partial charge in [-0.1, -0.05) is 24.0 Å². The fourth-order valence-electron chi connectivity index (χ4n) is 11.7. The normalized spacial score (nSPS) is 27.2. The van der Waals surface area contributed by atoms with Gasteiger partial charge in [-0.2, -0.15) is 0 Å². The van der Waals surface area contributed by atoms with E-state index in [1.54, 1.807) is 9.80 Å². The van der Waals surface area contributed by atoms with Crippen molar-refractivity contribution in [3.8, 4) is 11.8 Å². The summed E-state index contributed by atoms with van der Waals surface area (Å²) in [5.41, 5.74) is 4.47. The number of piperidine rings is 2. The topological polar surface area (TPSA) is 186 Å². The number of H-pyrrole nitrogens is 2. The smallest absolute Gasteiger partial charge is 0.407 e. The first-order chi connectivity index (χ1) is 32.1. The molecule has 67 heavy (non-hydrogen) atoms. The van der Waals surface area contributed by atoms with Crippen LogP contribution in [0.2, 0.25) is 0 Å². The van der Waals surface area contributed by atoms with Crippen molar-refractivity contribution in [2.45, 2.75) is 125 Å². The Morgan fingerprint density at radius 3 is 1.84 bits per heavy atom. The van der Waals surface area contributed by atoms with Crippen LogP contribution in [0.3, 0.4) is 0 Å². The number of carbonyl (C=O) groups excluding carboxylic acids is 3. The SMILES string of the molecule is COC(=O)N[C@H](C(=O)N1[C@@H]2C[C@H]2C[C@H]1c1nc2ccc(C#Cc3ccc4c(ccc5[nH]c([C@@H]6C[C@H]7C[C@H]7N6C(=O)[C@@H](NC(=O)O)C6CCC(F)(F)CC6)nc54)c3)cc2[nH]1)C1CCC(F)(F)CC1. The highest BCUT2D eigenvalue weighted by Gasteiger charge is 2.58. The van der Waals surface area contributed by atoms with E-state index >= 15 is 0 Å². The number of ether oxygens (including phenoxy) is 1. The van der Waals surface area contributed by atoms with E-state index in [0.29, 0.717) is 35.9 Å². The fourth-order valence-corrected chi connectivity index (χ4v) is 11.7. The van der Waals surface area contributed by atoms with E-state index in [9.17, 15) is 41.8 Å². The molecule has 2 aromatic heterocycles. The number of hydrogen-bond acceptors (Lipinski definition) is 7. The molecule has 0 radical (unpaired) electrons. The third-order valence-electron chi connectivity index (χ3n) is 15.4. The molecule has 0 bridgehead atoms. The molecule has 6 fully saturated rings. The Bertz CT molecular complexity index is 2890. The summed E-state index contributed by atoms with van der Waals surface area (Å²) in [6.45, 7) is 0. The molecule has 5 N–H and O–H groups in total. The van der Waals surface area contributed by atoms with Crippen molar-refractivity contribution >= 4 is 56.8 Å². The average Bonchev–Trinajstić information content (AvgIpc) is 3.96. The molecule has 2 saturated heterocycles. The summed E-state index contributed by atoms with van der Waals surface area (Å²) in [5.74, 6) is 1.08. The average molecular weight is 923 g/mol. The molecule has 5 aromatic rings. The highest BCUT2D eigenvalue weighted by atomic mass is 19.3. The lowest BCUT2D eigenvalue weighted by Gasteiger charge is -2.37. The van der Waals surface area contributed by atoms with Crippen LogP contribution in [0.15, 0.2) is 48.5 Å². The molecule has 0 spiro atoms. The van der Waals surface area contributed by atoms with E-state index in [4.69, 9.17) is 14.7 Å². The van der Waals surface area contributed by atoms with Crippen LogP contribution in [0.25, 0.3) is 32.8 Å². The van der Waals surface area contributed by atoms with Gasteiger partial charge in [-0.25, -0.2) is 37.1 Å². The zero-order chi connectivity index (χ0) is 46.5. The van der Waals surface area contributed by atoms with Crippen LogP contribution < -0.4 is 10.6 Å². The van der Waals surface area contributed by atoms with Crippen molar-refractivity contribution in [1.82, 2.24) is 40.4 Å². The fraction of sp³-hybridized carbons (Fsp3) is 0.510. The van der Waals surface area contributed by atoms with Gasteiger partial charge in [0.15, 0.2) is 0 Å².